The third-order valence-electron chi connectivity index (χ3n) is 3.30. The van der Waals surface area contributed by atoms with Gasteiger partial charge < -0.3 is 21.5 Å². The lowest BCUT2D eigenvalue weighted by atomic mass is 10.0. The molecular formula is C11H14N4O4. The molecule has 0 bridgehead atoms. The number of nitrogens with two attached hydrogens (primary N) is 2. The van der Waals surface area contributed by atoms with Crippen molar-refractivity contribution in [1.82, 2.24) is 0 Å². The fourth-order valence-corrected chi connectivity index (χ4v) is 2.13. The summed E-state index contributed by atoms with van der Waals surface area (Å²) in [6.45, 7) is 0.625. The number of carboxylic acids is 1. The summed E-state index contributed by atoms with van der Waals surface area (Å²) in [6, 6.07) is 4.32. The Bertz CT molecular complexity index is 547. The molecule has 1 heterocycles. The normalized spacial score (nSPS) is 22.5. The van der Waals surface area contributed by atoms with Gasteiger partial charge in [0.05, 0.1) is 4.92 Å². The lowest BCUT2D eigenvalue weighted by Gasteiger charge is -2.21. The van der Waals surface area contributed by atoms with Crippen molar-refractivity contribution in [2.75, 3.05) is 23.7 Å². The maximum atomic E-state index is 11.0. The highest BCUT2D eigenvalue weighted by molar-refractivity contribution is 5.81. The summed E-state index contributed by atoms with van der Waals surface area (Å²) in [5.41, 5.74) is 10.6. The van der Waals surface area contributed by atoms with E-state index in [1.54, 1.807) is 11.0 Å². The minimum atomic E-state index is -1.28. The van der Waals surface area contributed by atoms with Gasteiger partial charge in [0.2, 0.25) is 0 Å². The van der Waals surface area contributed by atoms with Crippen molar-refractivity contribution in [2.24, 2.45) is 5.73 Å². The van der Waals surface area contributed by atoms with Crippen LogP contribution in [-0.2, 0) is 4.79 Å². The third-order valence-corrected chi connectivity index (χ3v) is 3.30. The van der Waals surface area contributed by atoms with Gasteiger partial charge in [0.15, 0.2) is 0 Å². The molecule has 0 amide bonds. The van der Waals surface area contributed by atoms with E-state index >= 15 is 0 Å². The number of carboxylic acid groups (broad SMARTS) is 1. The monoisotopic (exact) mass is 266 g/mol. The van der Waals surface area contributed by atoms with Crippen LogP contribution in [0.25, 0.3) is 0 Å². The number of benzene rings is 1. The predicted octanol–water partition coefficient (Wildman–Crippen LogP) is 0.169. The van der Waals surface area contributed by atoms with E-state index < -0.39 is 16.4 Å². The van der Waals surface area contributed by atoms with E-state index in [4.69, 9.17) is 16.6 Å². The lowest BCUT2D eigenvalue weighted by molar-refractivity contribution is -0.383. The van der Waals surface area contributed by atoms with Crippen molar-refractivity contribution in [3.63, 3.8) is 0 Å². The Kier molecular flexibility index (Phi) is 3.03. The first-order valence-corrected chi connectivity index (χ1v) is 5.65. The second-order valence-electron chi connectivity index (χ2n) is 4.63. The molecule has 1 aliphatic heterocycles. The average Bonchev–Trinajstić information content (AvgIpc) is 2.73. The molecule has 5 N–H and O–H groups in total. The maximum absolute atomic E-state index is 11.0. The minimum absolute atomic E-state index is 0.0485. The van der Waals surface area contributed by atoms with Crippen LogP contribution in [0.5, 0.6) is 0 Å². The summed E-state index contributed by atoms with van der Waals surface area (Å²) in [7, 11) is 0. The highest BCUT2D eigenvalue weighted by Crippen LogP contribution is 2.30. The van der Waals surface area contributed by atoms with Gasteiger partial charge in [-0.3, -0.25) is 14.9 Å². The largest absolute Gasteiger partial charge is 0.480 e. The quantitative estimate of drug-likeness (QED) is 0.403. The molecule has 2 rings (SSSR count). The van der Waals surface area contributed by atoms with Crippen LogP contribution in [0.4, 0.5) is 17.1 Å². The first-order chi connectivity index (χ1) is 8.83. The molecule has 1 aromatic rings. The van der Waals surface area contributed by atoms with Crippen LogP contribution >= 0.6 is 0 Å². The van der Waals surface area contributed by atoms with Crippen LogP contribution in [0.15, 0.2) is 18.2 Å². The predicted molar refractivity (Wildman–Crippen MR) is 68.9 cm³/mol. The average molecular weight is 266 g/mol. The van der Waals surface area contributed by atoms with E-state index in [-0.39, 0.29) is 17.9 Å². The van der Waals surface area contributed by atoms with Gasteiger partial charge >= 0.3 is 5.97 Å². The molecule has 19 heavy (non-hydrogen) atoms. The number of rotatable bonds is 3. The molecule has 0 saturated carbocycles. The van der Waals surface area contributed by atoms with Crippen molar-refractivity contribution < 1.29 is 14.8 Å². The van der Waals surface area contributed by atoms with E-state index in [0.29, 0.717) is 18.7 Å². The molecule has 0 radical (unpaired) electrons. The number of carbonyl (C=O) groups is 1. The molecular weight excluding hydrogens is 252 g/mol. The summed E-state index contributed by atoms with van der Waals surface area (Å²) in [5, 5.41) is 19.7. The SMILES string of the molecule is Nc1cc(N2CCC(N)(C(=O)O)C2)ccc1[N+](=O)[O-]. The van der Waals surface area contributed by atoms with Gasteiger partial charge in [-0.2, -0.15) is 0 Å². The van der Waals surface area contributed by atoms with Gasteiger partial charge in [0.25, 0.3) is 5.69 Å². The molecule has 1 unspecified atom stereocenters. The summed E-state index contributed by atoms with van der Waals surface area (Å²) < 4.78 is 0. The highest BCUT2D eigenvalue weighted by atomic mass is 16.6. The van der Waals surface area contributed by atoms with Gasteiger partial charge in [0.1, 0.15) is 11.2 Å². The summed E-state index contributed by atoms with van der Waals surface area (Å²) in [4.78, 5) is 22.9. The van der Waals surface area contributed by atoms with E-state index in [1.807, 2.05) is 0 Å². The van der Waals surface area contributed by atoms with Crippen molar-refractivity contribution in [3.8, 4) is 0 Å². The Hall–Kier alpha value is -2.35. The minimum Gasteiger partial charge on any atom is -0.480 e. The second kappa shape index (κ2) is 4.39. The zero-order chi connectivity index (χ0) is 14.2. The molecule has 1 fully saturated rings. The Morgan fingerprint density at radius 2 is 2.21 bits per heavy atom. The number of aliphatic carboxylic acids is 1. The van der Waals surface area contributed by atoms with Crippen LogP contribution in [0.3, 0.4) is 0 Å². The number of hydrogen-bond donors (Lipinski definition) is 3. The zero-order valence-corrected chi connectivity index (χ0v) is 10.1. The van der Waals surface area contributed by atoms with Crippen LogP contribution in [0.2, 0.25) is 0 Å². The van der Waals surface area contributed by atoms with Gasteiger partial charge in [-0.1, -0.05) is 0 Å². The summed E-state index contributed by atoms with van der Waals surface area (Å²) in [5.74, 6) is -1.05. The molecule has 8 nitrogen and oxygen atoms in total. The summed E-state index contributed by atoms with van der Waals surface area (Å²) >= 11 is 0. The number of hydrogen-bond acceptors (Lipinski definition) is 6. The Labute approximate surface area is 108 Å². The fraction of sp³-hybridized carbons (Fsp3) is 0.364. The molecule has 1 aromatic carbocycles. The van der Waals surface area contributed by atoms with Crippen LogP contribution < -0.4 is 16.4 Å². The number of nitro benzene ring substituents is 1. The van der Waals surface area contributed by atoms with Gasteiger partial charge in [0, 0.05) is 24.8 Å². The Morgan fingerprint density at radius 1 is 1.53 bits per heavy atom. The summed E-state index contributed by atoms with van der Waals surface area (Å²) in [6.07, 6.45) is 0.319. The maximum Gasteiger partial charge on any atom is 0.325 e. The molecule has 1 aliphatic rings. The van der Waals surface area contributed by atoms with Gasteiger partial charge in [-0.15, -0.1) is 0 Å². The smallest absolute Gasteiger partial charge is 0.325 e. The van der Waals surface area contributed by atoms with Gasteiger partial charge in [-0.05, 0) is 18.6 Å². The molecule has 1 atom stereocenters. The number of nitrogen functional groups attached to an aromatic ring is 1. The molecule has 1 saturated heterocycles. The topological polar surface area (TPSA) is 136 Å². The Morgan fingerprint density at radius 3 is 2.68 bits per heavy atom. The number of nitrogens with zero attached hydrogens (tertiary/aromatic N) is 2. The third kappa shape index (κ3) is 2.29. The first-order valence-electron chi connectivity index (χ1n) is 5.65. The molecule has 8 heteroatoms. The van der Waals surface area contributed by atoms with E-state index in [9.17, 15) is 14.9 Å². The zero-order valence-electron chi connectivity index (χ0n) is 10.1. The standard InChI is InChI=1S/C11H14N4O4/c12-8-5-7(1-2-9(8)15(18)19)14-4-3-11(13,6-14)10(16)17/h1-2,5H,3-4,6,12-13H2,(H,16,17). The van der Waals surface area contributed by atoms with Crippen molar-refractivity contribution in [1.29, 1.82) is 0 Å². The van der Waals surface area contributed by atoms with E-state index in [0.717, 1.165) is 0 Å². The lowest BCUT2D eigenvalue weighted by Crippen LogP contribution is -2.50. The molecule has 0 aliphatic carbocycles. The van der Waals surface area contributed by atoms with Crippen LogP contribution in [0, 0.1) is 10.1 Å². The number of anilines is 2. The number of nitro groups is 1. The first kappa shape index (κ1) is 13.1. The Balaban J connectivity index is 2.23. The van der Waals surface area contributed by atoms with Crippen molar-refractivity contribution in [3.05, 3.63) is 28.3 Å². The van der Waals surface area contributed by atoms with Gasteiger partial charge in [-0.25, -0.2) is 0 Å². The molecule has 0 aromatic heterocycles. The second-order valence-corrected chi connectivity index (χ2v) is 4.63. The highest BCUT2D eigenvalue weighted by Gasteiger charge is 2.41. The van der Waals surface area contributed by atoms with E-state index in [1.165, 1.54) is 12.1 Å². The van der Waals surface area contributed by atoms with Crippen molar-refractivity contribution >= 4 is 23.0 Å². The van der Waals surface area contributed by atoms with Crippen LogP contribution in [-0.4, -0.2) is 34.6 Å². The van der Waals surface area contributed by atoms with E-state index in [2.05, 4.69) is 0 Å². The molecule has 0 spiro atoms. The van der Waals surface area contributed by atoms with Crippen molar-refractivity contribution in [2.45, 2.75) is 12.0 Å². The fourth-order valence-electron chi connectivity index (χ4n) is 2.13. The van der Waals surface area contributed by atoms with Crippen LogP contribution in [0.1, 0.15) is 6.42 Å². The molecule has 102 valence electrons.